The average molecular weight is 186 g/mol. The summed E-state index contributed by atoms with van der Waals surface area (Å²) in [7, 11) is 0. The van der Waals surface area contributed by atoms with Crippen LogP contribution in [0.3, 0.4) is 0 Å². The molecular formula is C8H10OS2. The quantitative estimate of drug-likeness (QED) is 0.547. The second-order valence-electron chi connectivity index (χ2n) is 2.15. The van der Waals surface area contributed by atoms with Crippen LogP contribution in [0.4, 0.5) is 0 Å². The van der Waals surface area contributed by atoms with Gasteiger partial charge in [0.05, 0.1) is 0 Å². The van der Waals surface area contributed by atoms with E-state index in [1.807, 2.05) is 12.3 Å². The van der Waals surface area contributed by atoms with E-state index in [9.17, 15) is 0 Å². The number of benzene rings is 1. The standard InChI is InChI=1S/C8H10OS2/c1-11-8-4-7(9)3-2-6(8)5-10/h2-4,9-10H,5H2,1H3. The van der Waals surface area contributed by atoms with Gasteiger partial charge >= 0.3 is 0 Å². The second-order valence-corrected chi connectivity index (χ2v) is 3.32. The summed E-state index contributed by atoms with van der Waals surface area (Å²) in [6.07, 6.45) is 1.99. The molecule has 11 heavy (non-hydrogen) atoms. The third-order valence-electron chi connectivity index (χ3n) is 1.44. The summed E-state index contributed by atoms with van der Waals surface area (Å²) in [5.41, 5.74) is 1.17. The number of rotatable bonds is 2. The van der Waals surface area contributed by atoms with Crippen LogP contribution in [0.2, 0.25) is 0 Å². The summed E-state index contributed by atoms with van der Waals surface area (Å²) in [5, 5.41) is 9.13. The highest BCUT2D eigenvalue weighted by Crippen LogP contribution is 2.25. The van der Waals surface area contributed by atoms with Gasteiger partial charge in [0.1, 0.15) is 5.75 Å². The molecular weight excluding hydrogens is 176 g/mol. The molecule has 1 N–H and O–H groups in total. The summed E-state index contributed by atoms with van der Waals surface area (Å²) >= 11 is 5.80. The van der Waals surface area contributed by atoms with Gasteiger partial charge in [-0.2, -0.15) is 12.6 Å². The molecule has 0 unspecified atom stereocenters. The molecule has 0 heterocycles. The summed E-state index contributed by atoms with van der Waals surface area (Å²) < 4.78 is 0. The van der Waals surface area contributed by atoms with Crippen molar-refractivity contribution in [3.8, 4) is 5.75 Å². The first kappa shape index (κ1) is 8.81. The van der Waals surface area contributed by atoms with Crippen LogP contribution in [0.1, 0.15) is 5.56 Å². The van der Waals surface area contributed by atoms with E-state index in [1.165, 1.54) is 5.56 Å². The van der Waals surface area contributed by atoms with Gasteiger partial charge < -0.3 is 5.11 Å². The van der Waals surface area contributed by atoms with Crippen molar-refractivity contribution >= 4 is 24.4 Å². The molecule has 0 aliphatic rings. The van der Waals surface area contributed by atoms with E-state index >= 15 is 0 Å². The fraction of sp³-hybridized carbons (Fsp3) is 0.250. The molecule has 0 saturated heterocycles. The van der Waals surface area contributed by atoms with Crippen LogP contribution in [0.15, 0.2) is 23.1 Å². The lowest BCUT2D eigenvalue weighted by molar-refractivity contribution is 0.473. The molecule has 3 heteroatoms. The lowest BCUT2D eigenvalue weighted by atomic mass is 10.2. The Morgan fingerprint density at radius 3 is 2.82 bits per heavy atom. The fourth-order valence-electron chi connectivity index (χ4n) is 0.864. The summed E-state index contributed by atoms with van der Waals surface area (Å²) in [6.45, 7) is 0. The molecule has 0 saturated carbocycles. The molecule has 0 spiro atoms. The third kappa shape index (κ3) is 2.07. The predicted octanol–water partition coefficient (Wildman–Crippen LogP) is 2.54. The Bertz CT molecular complexity index is 248. The molecule has 0 bridgehead atoms. The van der Waals surface area contributed by atoms with Gasteiger partial charge in [0, 0.05) is 10.6 Å². The zero-order chi connectivity index (χ0) is 8.27. The van der Waals surface area contributed by atoms with Crippen LogP contribution in [0.5, 0.6) is 5.75 Å². The van der Waals surface area contributed by atoms with Crippen molar-refractivity contribution in [2.45, 2.75) is 10.6 Å². The Balaban J connectivity index is 3.06. The van der Waals surface area contributed by atoms with Gasteiger partial charge in [0.25, 0.3) is 0 Å². The SMILES string of the molecule is CSc1cc(O)ccc1CS. The fourth-order valence-corrected chi connectivity index (χ4v) is 1.89. The van der Waals surface area contributed by atoms with Gasteiger partial charge in [0.2, 0.25) is 0 Å². The van der Waals surface area contributed by atoms with E-state index in [0.717, 1.165) is 10.6 Å². The summed E-state index contributed by atoms with van der Waals surface area (Å²) in [4.78, 5) is 1.10. The van der Waals surface area contributed by atoms with Gasteiger partial charge in [-0.3, -0.25) is 0 Å². The first-order valence-corrected chi connectivity index (χ1v) is 5.10. The highest BCUT2D eigenvalue weighted by Gasteiger charge is 1.99. The minimum atomic E-state index is 0.319. The van der Waals surface area contributed by atoms with Gasteiger partial charge in [-0.05, 0) is 24.0 Å². The van der Waals surface area contributed by atoms with Crippen molar-refractivity contribution in [3.05, 3.63) is 23.8 Å². The first-order valence-electron chi connectivity index (χ1n) is 3.24. The Hall–Kier alpha value is -0.280. The van der Waals surface area contributed by atoms with Crippen molar-refractivity contribution < 1.29 is 5.11 Å². The normalized spacial score (nSPS) is 10.0. The third-order valence-corrected chi connectivity index (χ3v) is 2.60. The van der Waals surface area contributed by atoms with Crippen LogP contribution < -0.4 is 0 Å². The Morgan fingerprint density at radius 2 is 2.27 bits per heavy atom. The zero-order valence-corrected chi connectivity index (χ0v) is 7.95. The number of phenolic OH excluding ortho intramolecular Hbond substituents is 1. The van der Waals surface area contributed by atoms with E-state index in [2.05, 4.69) is 12.6 Å². The summed E-state index contributed by atoms with van der Waals surface area (Å²) in [6, 6.07) is 5.34. The lowest BCUT2D eigenvalue weighted by Gasteiger charge is -2.03. The van der Waals surface area contributed by atoms with Gasteiger partial charge in [-0.1, -0.05) is 6.07 Å². The second kappa shape index (κ2) is 3.93. The molecule has 1 rings (SSSR count). The molecule has 1 nitrogen and oxygen atoms in total. The molecule has 1 aromatic rings. The van der Waals surface area contributed by atoms with Crippen LogP contribution >= 0.6 is 24.4 Å². The largest absolute Gasteiger partial charge is 0.508 e. The van der Waals surface area contributed by atoms with Crippen molar-refractivity contribution in [2.24, 2.45) is 0 Å². The molecule has 60 valence electrons. The smallest absolute Gasteiger partial charge is 0.116 e. The molecule has 0 amide bonds. The molecule has 0 fully saturated rings. The average Bonchev–Trinajstić information content (AvgIpc) is 2.04. The monoisotopic (exact) mass is 186 g/mol. The number of hydrogen-bond donors (Lipinski definition) is 2. The van der Waals surface area contributed by atoms with Gasteiger partial charge in [-0.25, -0.2) is 0 Å². The predicted molar refractivity (Wildman–Crippen MR) is 52.6 cm³/mol. The van der Waals surface area contributed by atoms with Gasteiger partial charge in [-0.15, -0.1) is 11.8 Å². The molecule has 0 atom stereocenters. The topological polar surface area (TPSA) is 20.2 Å². The number of thioether (sulfide) groups is 1. The minimum absolute atomic E-state index is 0.319. The Morgan fingerprint density at radius 1 is 1.55 bits per heavy atom. The maximum atomic E-state index is 9.13. The highest BCUT2D eigenvalue weighted by molar-refractivity contribution is 7.98. The van der Waals surface area contributed by atoms with Crippen molar-refractivity contribution in [3.63, 3.8) is 0 Å². The molecule has 0 aliphatic heterocycles. The minimum Gasteiger partial charge on any atom is -0.508 e. The number of hydrogen-bond acceptors (Lipinski definition) is 3. The van der Waals surface area contributed by atoms with Crippen molar-refractivity contribution in [2.75, 3.05) is 6.26 Å². The van der Waals surface area contributed by atoms with Crippen LogP contribution in [0, 0.1) is 0 Å². The molecule has 0 aromatic heterocycles. The van der Waals surface area contributed by atoms with E-state index in [-0.39, 0.29) is 0 Å². The van der Waals surface area contributed by atoms with Crippen molar-refractivity contribution in [1.29, 1.82) is 0 Å². The Labute approximate surface area is 76.2 Å². The number of phenols is 1. The van der Waals surface area contributed by atoms with Crippen LogP contribution in [0.25, 0.3) is 0 Å². The summed E-state index contributed by atoms with van der Waals surface area (Å²) in [5.74, 6) is 1.04. The van der Waals surface area contributed by atoms with Crippen LogP contribution in [-0.4, -0.2) is 11.4 Å². The molecule has 1 aromatic carbocycles. The van der Waals surface area contributed by atoms with E-state index in [4.69, 9.17) is 5.11 Å². The number of aromatic hydroxyl groups is 1. The van der Waals surface area contributed by atoms with E-state index < -0.39 is 0 Å². The van der Waals surface area contributed by atoms with Crippen molar-refractivity contribution in [1.82, 2.24) is 0 Å². The maximum absolute atomic E-state index is 9.13. The highest BCUT2D eigenvalue weighted by atomic mass is 32.2. The lowest BCUT2D eigenvalue weighted by Crippen LogP contribution is -1.81. The molecule has 0 aliphatic carbocycles. The first-order chi connectivity index (χ1) is 5.27. The Kier molecular flexibility index (Phi) is 3.15. The van der Waals surface area contributed by atoms with Gasteiger partial charge in [0.15, 0.2) is 0 Å². The van der Waals surface area contributed by atoms with Crippen LogP contribution in [-0.2, 0) is 5.75 Å². The molecule has 0 radical (unpaired) electrons. The van der Waals surface area contributed by atoms with E-state index in [0.29, 0.717) is 5.75 Å². The zero-order valence-electron chi connectivity index (χ0n) is 6.24. The van der Waals surface area contributed by atoms with E-state index in [1.54, 1.807) is 23.9 Å². The number of thiol groups is 1. The maximum Gasteiger partial charge on any atom is 0.116 e.